The summed E-state index contributed by atoms with van der Waals surface area (Å²) in [7, 11) is 0. The van der Waals surface area contributed by atoms with E-state index < -0.39 is 0 Å². The van der Waals surface area contributed by atoms with Crippen LogP contribution in [0, 0.1) is 0 Å². The van der Waals surface area contributed by atoms with E-state index in [1.165, 1.54) is 0 Å². The van der Waals surface area contributed by atoms with Crippen LogP contribution in [0.2, 0.25) is 5.28 Å². The molecule has 19 heavy (non-hydrogen) atoms. The van der Waals surface area contributed by atoms with Gasteiger partial charge in [-0.05, 0) is 31.0 Å². The van der Waals surface area contributed by atoms with E-state index in [0.29, 0.717) is 18.4 Å². The summed E-state index contributed by atoms with van der Waals surface area (Å²) in [6, 6.07) is 10.3. The molecule has 1 aromatic heterocycles. The molecular formula is C13H16ClN5. The van der Waals surface area contributed by atoms with Gasteiger partial charge in [-0.25, -0.2) is 0 Å². The van der Waals surface area contributed by atoms with Gasteiger partial charge in [-0.1, -0.05) is 30.3 Å². The van der Waals surface area contributed by atoms with Gasteiger partial charge in [0.2, 0.25) is 17.2 Å². The van der Waals surface area contributed by atoms with Gasteiger partial charge >= 0.3 is 0 Å². The molecule has 0 unspecified atom stereocenters. The first-order chi connectivity index (χ1) is 9.13. The molecule has 0 fully saturated rings. The van der Waals surface area contributed by atoms with Crippen molar-refractivity contribution >= 4 is 23.5 Å². The van der Waals surface area contributed by atoms with Crippen LogP contribution in [0.25, 0.3) is 0 Å². The number of halogens is 1. The summed E-state index contributed by atoms with van der Waals surface area (Å²) in [6.07, 6.45) is 0. The molecular weight excluding hydrogens is 262 g/mol. The first-order valence-corrected chi connectivity index (χ1v) is 6.47. The molecule has 0 radical (unpaired) electrons. The largest absolute Gasteiger partial charge is 0.352 e. The second-order valence-corrected chi connectivity index (χ2v) is 4.73. The zero-order chi connectivity index (χ0) is 13.7. The summed E-state index contributed by atoms with van der Waals surface area (Å²) >= 11 is 5.87. The average Bonchev–Trinajstić information content (AvgIpc) is 2.36. The zero-order valence-corrected chi connectivity index (χ0v) is 11.6. The summed E-state index contributed by atoms with van der Waals surface area (Å²) < 4.78 is 0. The van der Waals surface area contributed by atoms with Gasteiger partial charge in [0.05, 0.1) is 0 Å². The molecule has 1 aromatic carbocycles. The van der Waals surface area contributed by atoms with Gasteiger partial charge in [0.1, 0.15) is 0 Å². The summed E-state index contributed by atoms with van der Waals surface area (Å²) in [5.74, 6) is 0.942. The molecule has 100 valence electrons. The van der Waals surface area contributed by atoms with E-state index in [4.69, 9.17) is 11.6 Å². The molecule has 0 atom stereocenters. The summed E-state index contributed by atoms with van der Waals surface area (Å²) in [6.45, 7) is 4.66. The molecule has 0 aliphatic carbocycles. The highest BCUT2D eigenvalue weighted by atomic mass is 35.5. The van der Waals surface area contributed by atoms with E-state index >= 15 is 0 Å². The van der Waals surface area contributed by atoms with Gasteiger partial charge in [0.15, 0.2) is 0 Å². The fourth-order valence-corrected chi connectivity index (χ4v) is 1.69. The lowest BCUT2D eigenvalue weighted by Gasteiger charge is -2.10. The van der Waals surface area contributed by atoms with Gasteiger partial charge in [-0.15, -0.1) is 0 Å². The standard InChI is InChI=1S/C13H16ClN5/c1-9(2)16-13-18-11(14)17-12(19-13)15-8-10-6-4-3-5-7-10/h3-7,9H,8H2,1-2H3,(H2,15,16,17,18,19). The maximum Gasteiger partial charge on any atom is 0.229 e. The Morgan fingerprint density at radius 3 is 2.42 bits per heavy atom. The van der Waals surface area contributed by atoms with E-state index in [0.717, 1.165) is 5.56 Å². The fourth-order valence-electron chi connectivity index (χ4n) is 1.53. The summed E-state index contributed by atoms with van der Waals surface area (Å²) in [5.41, 5.74) is 1.15. The second kappa shape index (κ2) is 6.33. The van der Waals surface area contributed by atoms with Gasteiger partial charge in [0, 0.05) is 12.6 Å². The fraction of sp³-hybridized carbons (Fsp3) is 0.308. The van der Waals surface area contributed by atoms with Crippen LogP contribution >= 0.6 is 11.6 Å². The van der Waals surface area contributed by atoms with Crippen molar-refractivity contribution in [2.45, 2.75) is 26.4 Å². The molecule has 6 heteroatoms. The van der Waals surface area contributed by atoms with Gasteiger partial charge in [-0.3, -0.25) is 0 Å². The van der Waals surface area contributed by atoms with Crippen LogP contribution in [0.15, 0.2) is 30.3 Å². The Kier molecular flexibility index (Phi) is 4.52. The topological polar surface area (TPSA) is 62.7 Å². The summed E-state index contributed by atoms with van der Waals surface area (Å²) in [4.78, 5) is 12.3. The first kappa shape index (κ1) is 13.5. The van der Waals surface area contributed by atoms with Crippen molar-refractivity contribution in [1.82, 2.24) is 15.0 Å². The van der Waals surface area contributed by atoms with Crippen LogP contribution in [-0.2, 0) is 6.54 Å². The lowest BCUT2D eigenvalue weighted by molar-refractivity contribution is 0.865. The number of rotatable bonds is 5. The van der Waals surface area contributed by atoms with E-state index in [-0.39, 0.29) is 11.3 Å². The highest BCUT2D eigenvalue weighted by Crippen LogP contribution is 2.11. The van der Waals surface area contributed by atoms with Crippen LogP contribution in [-0.4, -0.2) is 21.0 Å². The molecule has 0 bridgehead atoms. The van der Waals surface area contributed by atoms with Crippen LogP contribution < -0.4 is 10.6 Å². The molecule has 1 heterocycles. The third-order valence-electron chi connectivity index (χ3n) is 2.32. The Morgan fingerprint density at radius 1 is 1.05 bits per heavy atom. The van der Waals surface area contributed by atoms with E-state index in [9.17, 15) is 0 Å². The molecule has 0 aliphatic rings. The Bertz CT molecular complexity index is 530. The Hall–Kier alpha value is -1.88. The van der Waals surface area contributed by atoms with Crippen molar-refractivity contribution in [3.63, 3.8) is 0 Å². The highest BCUT2D eigenvalue weighted by Gasteiger charge is 2.05. The lowest BCUT2D eigenvalue weighted by Crippen LogP contribution is -2.14. The number of benzene rings is 1. The molecule has 2 N–H and O–H groups in total. The minimum atomic E-state index is 0.175. The minimum absolute atomic E-state index is 0.175. The van der Waals surface area contributed by atoms with E-state index in [2.05, 4.69) is 25.6 Å². The number of hydrogen-bond donors (Lipinski definition) is 2. The Labute approximate surface area is 117 Å². The van der Waals surface area contributed by atoms with Gasteiger partial charge in [0.25, 0.3) is 0 Å². The normalized spacial score (nSPS) is 10.5. The van der Waals surface area contributed by atoms with Crippen molar-refractivity contribution in [1.29, 1.82) is 0 Å². The number of nitrogens with one attached hydrogen (secondary N) is 2. The maximum atomic E-state index is 5.87. The minimum Gasteiger partial charge on any atom is -0.352 e. The van der Waals surface area contributed by atoms with Crippen LogP contribution in [0.4, 0.5) is 11.9 Å². The zero-order valence-electron chi connectivity index (χ0n) is 10.9. The smallest absolute Gasteiger partial charge is 0.229 e. The van der Waals surface area contributed by atoms with Crippen molar-refractivity contribution in [2.75, 3.05) is 10.6 Å². The lowest BCUT2D eigenvalue weighted by atomic mass is 10.2. The third-order valence-corrected chi connectivity index (χ3v) is 2.49. The highest BCUT2D eigenvalue weighted by molar-refractivity contribution is 6.28. The number of hydrogen-bond acceptors (Lipinski definition) is 5. The summed E-state index contributed by atoms with van der Waals surface area (Å²) in [5, 5.41) is 6.40. The van der Waals surface area contributed by atoms with Crippen molar-refractivity contribution in [3.8, 4) is 0 Å². The SMILES string of the molecule is CC(C)Nc1nc(Cl)nc(NCc2ccccc2)n1. The first-order valence-electron chi connectivity index (χ1n) is 6.09. The van der Waals surface area contributed by atoms with E-state index in [1.54, 1.807) is 0 Å². The Balaban J connectivity index is 2.05. The monoisotopic (exact) mass is 277 g/mol. The third kappa shape index (κ3) is 4.37. The maximum absolute atomic E-state index is 5.87. The number of nitrogens with zero attached hydrogens (tertiary/aromatic N) is 3. The molecule has 0 saturated carbocycles. The molecule has 5 nitrogen and oxygen atoms in total. The van der Waals surface area contributed by atoms with E-state index in [1.807, 2.05) is 44.2 Å². The second-order valence-electron chi connectivity index (χ2n) is 4.39. The van der Waals surface area contributed by atoms with Crippen LogP contribution in [0.1, 0.15) is 19.4 Å². The quantitative estimate of drug-likeness (QED) is 0.880. The molecule has 0 aliphatic heterocycles. The van der Waals surface area contributed by atoms with Crippen LogP contribution in [0.3, 0.4) is 0 Å². The molecule has 2 rings (SSSR count). The molecule has 0 saturated heterocycles. The van der Waals surface area contributed by atoms with Gasteiger partial charge < -0.3 is 10.6 Å². The Morgan fingerprint density at radius 2 is 1.74 bits per heavy atom. The molecule has 2 aromatic rings. The number of aromatic nitrogens is 3. The molecule has 0 spiro atoms. The van der Waals surface area contributed by atoms with Crippen molar-refractivity contribution < 1.29 is 0 Å². The number of anilines is 2. The van der Waals surface area contributed by atoms with Gasteiger partial charge in [-0.2, -0.15) is 15.0 Å². The average molecular weight is 278 g/mol. The predicted molar refractivity (Wildman–Crippen MR) is 77.4 cm³/mol. The molecule has 0 amide bonds. The van der Waals surface area contributed by atoms with Crippen molar-refractivity contribution in [3.05, 3.63) is 41.2 Å². The van der Waals surface area contributed by atoms with Crippen LogP contribution in [0.5, 0.6) is 0 Å². The van der Waals surface area contributed by atoms with Crippen molar-refractivity contribution in [2.24, 2.45) is 0 Å². The predicted octanol–water partition coefficient (Wildman–Crippen LogP) is 2.96.